The van der Waals surface area contributed by atoms with Crippen molar-refractivity contribution >= 4 is 23.4 Å². The number of hydrogen-bond donors (Lipinski definition) is 1. The monoisotopic (exact) mass is 309 g/mol. The Hall–Kier alpha value is -0.180. The quantitative estimate of drug-likeness (QED) is 0.816. The Kier molecular flexibility index (Phi) is 4.95. The second kappa shape index (κ2) is 6.72. The fourth-order valence-corrected chi connectivity index (χ4v) is 4.48. The van der Waals surface area contributed by atoms with Crippen LogP contribution in [0.2, 0.25) is 5.02 Å². The van der Waals surface area contributed by atoms with Crippen LogP contribution in [0, 0.1) is 5.92 Å². The van der Waals surface area contributed by atoms with Crippen LogP contribution in [-0.2, 0) is 0 Å². The molecule has 110 valence electrons. The van der Waals surface area contributed by atoms with E-state index < -0.39 is 0 Å². The van der Waals surface area contributed by atoms with E-state index in [9.17, 15) is 0 Å². The summed E-state index contributed by atoms with van der Waals surface area (Å²) in [6.07, 6.45) is 10.5. The standard InChI is InChI=1S/C17H24ClNS/c1-20-16-5-3-2-4-15(16)19-17(12-6-7-12)13-8-10-14(18)11-9-13/h8-12,15-17,19H,2-7H2,1H3. The normalized spacial score (nSPS) is 28.3. The molecule has 0 amide bonds. The number of hydrogen-bond acceptors (Lipinski definition) is 2. The molecule has 3 heteroatoms. The Labute approximate surface area is 131 Å². The van der Waals surface area contributed by atoms with E-state index in [0.29, 0.717) is 12.1 Å². The summed E-state index contributed by atoms with van der Waals surface area (Å²) >= 11 is 8.07. The van der Waals surface area contributed by atoms with Crippen molar-refractivity contribution in [3.8, 4) is 0 Å². The van der Waals surface area contributed by atoms with Gasteiger partial charge < -0.3 is 5.32 Å². The molecule has 1 nitrogen and oxygen atoms in total. The van der Waals surface area contributed by atoms with Gasteiger partial charge in [0, 0.05) is 22.4 Å². The summed E-state index contributed by atoms with van der Waals surface area (Å²) in [5, 5.41) is 5.62. The zero-order valence-corrected chi connectivity index (χ0v) is 13.7. The minimum Gasteiger partial charge on any atom is -0.306 e. The van der Waals surface area contributed by atoms with Gasteiger partial charge in [-0.05, 0) is 55.6 Å². The summed E-state index contributed by atoms with van der Waals surface area (Å²) in [6.45, 7) is 0. The fourth-order valence-electron chi connectivity index (χ4n) is 3.40. The number of nitrogens with one attached hydrogen (secondary N) is 1. The topological polar surface area (TPSA) is 12.0 Å². The molecule has 2 fully saturated rings. The van der Waals surface area contributed by atoms with Crippen molar-refractivity contribution in [2.45, 2.75) is 55.9 Å². The van der Waals surface area contributed by atoms with Gasteiger partial charge in [0.05, 0.1) is 0 Å². The maximum absolute atomic E-state index is 6.03. The molecule has 0 saturated heterocycles. The van der Waals surface area contributed by atoms with Gasteiger partial charge in [-0.3, -0.25) is 0 Å². The van der Waals surface area contributed by atoms with Crippen LogP contribution in [-0.4, -0.2) is 17.5 Å². The van der Waals surface area contributed by atoms with Gasteiger partial charge in [-0.15, -0.1) is 0 Å². The molecule has 3 unspecified atom stereocenters. The molecule has 1 aromatic rings. The van der Waals surface area contributed by atoms with Crippen molar-refractivity contribution in [2.24, 2.45) is 5.92 Å². The predicted octanol–water partition coefficient (Wildman–Crippen LogP) is 5.05. The van der Waals surface area contributed by atoms with E-state index in [-0.39, 0.29) is 0 Å². The summed E-state index contributed by atoms with van der Waals surface area (Å²) in [7, 11) is 0. The molecule has 0 spiro atoms. The van der Waals surface area contributed by atoms with Crippen molar-refractivity contribution in [3.63, 3.8) is 0 Å². The van der Waals surface area contributed by atoms with Crippen molar-refractivity contribution in [1.82, 2.24) is 5.32 Å². The van der Waals surface area contributed by atoms with Crippen LogP contribution in [0.15, 0.2) is 24.3 Å². The largest absolute Gasteiger partial charge is 0.306 e. The first kappa shape index (κ1) is 14.7. The molecule has 1 aromatic carbocycles. The lowest BCUT2D eigenvalue weighted by Gasteiger charge is -2.34. The van der Waals surface area contributed by atoms with E-state index in [1.54, 1.807) is 0 Å². The molecular weight excluding hydrogens is 286 g/mol. The minimum absolute atomic E-state index is 0.532. The van der Waals surface area contributed by atoms with Crippen LogP contribution in [0.3, 0.4) is 0 Å². The lowest BCUT2D eigenvalue weighted by atomic mass is 9.92. The van der Waals surface area contributed by atoms with Crippen LogP contribution in [0.1, 0.15) is 50.1 Å². The van der Waals surface area contributed by atoms with E-state index in [0.717, 1.165) is 16.2 Å². The highest BCUT2D eigenvalue weighted by Gasteiger charge is 2.35. The van der Waals surface area contributed by atoms with E-state index in [1.165, 1.54) is 44.1 Å². The van der Waals surface area contributed by atoms with Crippen molar-refractivity contribution < 1.29 is 0 Å². The molecule has 0 radical (unpaired) electrons. The van der Waals surface area contributed by atoms with Gasteiger partial charge in [0.25, 0.3) is 0 Å². The Morgan fingerprint density at radius 3 is 2.45 bits per heavy atom. The summed E-state index contributed by atoms with van der Waals surface area (Å²) in [5.74, 6) is 0.834. The highest BCUT2D eigenvalue weighted by molar-refractivity contribution is 7.99. The third kappa shape index (κ3) is 3.52. The maximum Gasteiger partial charge on any atom is 0.0406 e. The number of halogens is 1. The molecule has 2 saturated carbocycles. The van der Waals surface area contributed by atoms with Crippen LogP contribution < -0.4 is 5.32 Å². The van der Waals surface area contributed by atoms with Gasteiger partial charge in [-0.25, -0.2) is 0 Å². The lowest BCUT2D eigenvalue weighted by molar-refractivity contribution is 0.331. The maximum atomic E-state index is 6.03. The highest BCUT2D eigenvalue weighted by Crippen LogP contribution is 2.42. The zero-order chi connectivity index (χ0) is 13.9. The fraction of sp³-hybridized carbons (Fsp3) is 0.647. The second-order valence-electron chi connectivity index (χ2n) is 6.20. The van der Waals surface area contributed by atoms with Gasteiger partial charge in [0.2, 0.25) is 0 Å². The number of thioether (sulfide) groups is 1. The first-order valence-electron chi connectivity index (χ1n) is 7.82. The molecule has 2 aliphatic rings. The molecule has 0 heterocycles. The van der Waals surface area contributed by atoms with E-state index >= 15 is 0 Å². The lowest BCUT2D eigenvalue weighted by Crippen LogP contribution is -2.43. The minimum atomic E-state index is 0.532. The average Bonchev–Trinajstić information content (AvgIpc) is 3.31. The molecule has 3 rings (SSSR count). The summed E-state index contributed by atoms with van der Waals surface area (Å²) in [4.78, 5) is 0. The van der Waals surface area contributed by atoms with Gasteiger partial charge in [-0.1, -0.05) is 36.6 Å². The molecule has 3 atom stereocenters. The van der Waals surface area contributed by atoms with E-state index in [1.807, 2.05) is 23.9 Å². The third-order valence-electron chi connectivity index (χ3n) is 4.72. The molecule has 0 bridgehead atoms. The van der Waals surface area contributed by atoms with Crippen molar-refractivity contribution in [3.05, 3.63) is 34.9 Å². The number of benzene rings is 1. The van der Waals surface area contributed by atoms with Crippen LogP contribution in [0.5, 0.6) is 0 Å². The van der Waals surface area contributed by atoms with Crippen molar-refractivity contribution in [2.75, 3.05) is 6.26 Å². The Morgan fingerprint density at radius 1 is 1.10 bits per heavy atom. The van der Waals surface area contributed by atoms with Crippen LogP contribution in [0.4, 0.5) is 0 Å². The van der Waals surface area contributed by atoms with E-state index in [2.05, 4.69) is 23.7 Å². The van der Waals surface area contributed by atoms with Crippen LogP contribution >= 0.6 is 23.4 Å². The molecule has 20 heavy (non-hydrogen) atoms. The van der Waals surface area contributed by atoms with Crippen LogP contribution in [0.25, 0.3) is 0 Å². The van der Waals surface area contributed by atoms with E-state index in [4.69, 9.17) is 11.6 Å². The predicted molar refractivity (Wildman–Crippen MR) is 89.6 cm³/mol. The first-order valence-corrected chi connectivity index (χ1v) is 9.49. The summed E-state index contributed by atoms with van der Waals surface area (Å²) in [5.41, 5.74) is 1.42. The average molecular weight is 310 g/mol. The molecule has 2 aliphatic carbocycles. The second-order valence-corrected chi connectivity index (χ2v) is 7.71. The molecular formula is C17H24ClNS. The first-order chi connectivity index (χ1) is 9.78. The number of rotatable bonds is 5. The molecule has 0 aliphatic heterocycles. The Balaban J connectivity index is 1.72. The molecule has 1 N–H and O–H groups in total. The van der Waals surface area contributed by atoms with Gasteiger partial charge in [0.15, 0.2) is 0 Å². The van der Waals surface area contributed by atoms with Gasteiger partial charge >= 0.3 is 0 Å². The summed E-state index contributed by atoms with van der Waals surface area (Å²) in [6, 6.07) is 9.68. The Morgan fingerprint density at radius 2 is 1.80 bits per heavy atom. The summed E-state index contributed by atoms with van der Waals surface area (Å²) < 4.78 is 0. The highest BCUT2D eigenvalue weighted by atomic mass is 35.5. The molecule has 0 aromatic heterocycles. The van der Waals surface area contributed by atoms with Crippen molar-refractivity contribution in [1.29, 1.82) is 0 Å². The zero-order valence-electron chi connectivity index (χ0n) is 12.1. The van der Waals surface area contributed by atoms with Gasteiger partial charge in [0.1, 0.15) is 0 Å². The smallest absolute Gasteiger partial charge is 0.0406 e. The SMILES string of the molecule is CSC1CCCCC1NC(c1ccc(Cl)cc1)C1CC1. The third-order valence-corrected chi connectivity index (χ3v) is 6.14. The Bertz CT molecular complexity index is 429. The van der Waals surface area contributed by atoms with Gasteiger partial charge in [-0.2, -0.15) is 11.8 Å².